The predicted octanol–water partition coefficient (Wildman–Crippen LogP) is 8.61. The van der Waals surface area contributed by atoms with Crippen LogP contribution in [0, 0.1) is 5.82 Å². The molecule has 1 unspecified atom stereocenters. The van der Waals surface area contributed by atoms with Gasteiger partial charge in [0.15, 0.2) is 5.13 Å². The Balaban J connectivity index is 1.35. The summed E-state index contributed by atoms with van der Waals surface area (Å²) in [5.74, 6) is -0.216. The Morgan fingerprint density at radius 2 is 1.52 bits per heavy atom. The van der Waals surface area contributed by atoms with Crippen molar-refractivity contribution in [2.75, 3.05) is 29.4 Å². The van der Waals surface area contributed by atoms with Gasteiger partial charge in [-0.25, -0.2) is 18.4 Å². The topological polar surface area (TPSA) is 74.3 Å². The van der Waals surface area contributed by atoms with E-state index in [2.05, 4.69) is 39.3 Å². The van der Waals surface area contributed by atoms with Crippen molar-refractivity contribution < 1.29 is 13.4 Å². The quantitative estimate of drug-likeness (QED) is 0.143. The van der Waals surface area contributed by atoms with Crippen LogP contribution in [0.1, 0.15) is 29.0 Å². The monoisotopic (exact) mass is 646 g/mol. The normalized spacial score (nSPS) is 11.7. The fourth-order valence-corrected chi connectivity index (χ4v) is 6.56. The number of hydrogen-bond acceptors (Lipinski definition) is 4. The highest BCUT2D eigenvalue weighted by Crippen LogP contribution is 2.36. The molecule has 44 heavy (non-hydrogen) atoms. The van der Waals surface area contributed by atoms with Crippen molar-refractivity contribution in [2.24, 2.45) is 0 Å². The van der Waals surface area contributed by atoms with Crippen LogP contribution in [0.2, 0.25) is 4.34 Å². The average Bonchev–Trinajstić information content (AvgIpc) is 3.40. The molecule has 1 heterocycles. The van der Waals surface area contributed by atoms with Crippen molar-refractivity contribution in [3.63, 3.8) is 0 Å². The summed E-state index contributed by atoms with van der Waals surface area (Å²) in [6.45, 7) is 0.760. The minimum atomic E-state index is -1.18. The molecule has 5 rings (SSSR count). The number of amides is 2. The molecule has 1 atom stereocenters. The van der Waals surface area contributed by atoms with Gasteiger partial charge in [-0.1, -0.05) is 114 Å². The second-order valence-corrected chi connectivity index (χ2v) is 12.9. The largest absolute Gasteiger partial charge is 0.324 e. The van der Waals surface area contributed by atoms with Crippen LogP contribution < -0.4 is 10.0 Å². The van der Waals surface area contributed by atoms with Crippen LogP contribution in [0.15, 0.2) is 109 Å². The van der Waals surface area contributed by atoms with Crippen molar-refractivity contribution >= 4 is 50.8 Å². The molecule has 10 heteroatoms. The lowest BCUT2D eigenvalue weighted by Gasteiger charge is -2.26. The maximum Gasteiger partial charge on any atom is 0.323 e. The second-order valence-electron chi connectivity index (χ2n) is 10.2. The first-order valence-electron chi connectivity index (χ1n) is 14.1. The first kappa shape index (κ1) is 31.4. The average molecular weight is 647 g/mol. The van der Waals surface area contributed by atoms with Crippen LogP contribution in [0.3, 0.4) is 0 Å². The number of carbonyl (C=O) groups is 1. The van der Waals surface area contributed by atoms with Crippen LogP contribution >= 0.6 is 22.9 Å². The van der Waals surface area contributed by atoms with E-state index in [0.29, 0.717) is 52.3 Å². The number of rotatable bonds is 12. The molecule has 0 radical (unpaired) electrons. The number of nitrogens with one attached hydrogen (secondary N) is 2. The summed E-state index contributed by atoms with van der Waals surface area (Å²) >= 11 is 7.73. The van der Waals surface area contributed by atoms with Crippen molar-refractivity contribution in [2.45, 2.75) is 18.8 Å². The number of aromatic nitrogens is 1. The molecule has 6 nitrogen and oxygen atoms in total. The Kier molecular flexibility index (Phi) is 10.8. The zero-order valence-electron chi connectivity index (χ0n) is 24.1. The van der Waals surface area contributed by atoms with Gasteiger partial charge < -0.3 is 9.62 Å². The molecule has 2 amide bonds. The number of anilines is 2. The summed E-state index contributed by atoms with van der Waals surface area (Å²) < 4.78 is 29.2. The summed E-state index contributed by atoms with van der Waals surface area (Å²) in [4.78, 5) is 20.0. The first-order valence-corrected chi connectivity index (χ1v) is 16.9. The SMILES string of the molecule is CS(=O)Nc1ccc(-c2nc(NC(=O)N(CCc3ccccc3F)CCC(c3ccccc3)c3ccccc3)sc2Cl)cc1. The maximum atomic E-state index is 14.5. The Labute approximate surface area is 268 Å². The van der Waals surface area contributed by atoms with Gasteiger partial charge in [-0.3, -0.25) is 5.32 Å². The predicted molar refractivity (Wildman–Crippen MR) is 180 cm³/mol. The lowest BCUT2D eigenvalue weighted by Crippen LogP contribution is -2.38. The van der Waals surface area contributed by atoms with Gasteiger partial charge in [0.1, 0.15) is 26.8 Å². The third kappa shape index (κ3) is 8.31. The number of thiazole rings is 1. The number of halogens is 2. The Bertz CT molecular complexity index is 1660. The fourth-order valence-electron chi connectivity index (χ4n) is 5.02. The van der Waals surface area contributed by atoms with E-state index in [0.717, 1.165) is 16.7 Å². The van der Waals surface area contributed by atoms with Gasteiger partial charge in [-0.05, 0) is 47.7 Å². The van der Waals surface area contributed by atoms with Gasteiger partial charge >= 0.3 is 6.03 Å². The minimum Gasteiger partial charge on any atom is -0.324 e. The molecule has 0 saturated heterocycles. The van der Waals surface area contributed by atoms with Gasteiger partial charge in [0.25, 0.3) is 0 Å². The lowest BCUT2D eigenvalue weighted by atomic mass is 9.88. The second kappa shape index (κ2) is 15.1. The molecular formula is C34H32ClFN4O2S2. The fraction of sp³-hybridized carbons (Fsp3) is 0.176. The smallest absolute Gasteiger partial charge is 0.323 e. The molecule has 0 aliphatic heterocycles. The Morgan fingerprint density at radius 1 is 0.909 bits per heavy atom. The van der Waals surface area contributed by atoms with E-state index in [9.17, 15) is 13.4 Å². The molecule has 5 aromatic rings. The molecule has 0 saturated carbocycles. The van der Waals surface area contributed by atoms with Gasteiger partial charge in [0, 0.05) is 36.5 Å². The van der Waals surface area contributed by atoms with Crippen molar-refractivity contribution in [1.82, 2.24) is 9.88 Å². The molecular weight excluding hydrogens is 615 g/mol. The molecule has 0 bridgehead atoms. The van der Waals surface area contributed by atoms with Crippen LogP contribution in [0.25, 0.3) is 11.3 Å². The van der Waals surface area contributed by atoms with Crippen LogP contribution in [-0.2, 0) is 17.4 Å². The molecule has 0 aliphatic rings. The Hall–Kier alpha value is -4.05. The lowest BCUT2D eigenvalue weighted by molar-refractivity contribution is 0.210. The van der Waals surface area contributed by atoms with Crippen molar-refractivity contribution in [1.29, 1.82) is 0 Å². The zero-order chi connectivity index (χ0) is 30.9. The third-order valence-electron chi connectivity index (χ3n) is 7.21. The molecule has 2 N–H and O–H groups in total. The Morgan fingerprint density at radius 3 is 2.14 bits per heavy atom. The highest BCUT2D eigenvalue weighted by atomic mass is 35.5. The molecule has 4 aromatic carbocycles. The summed E-state index contributed by atoms with van der Waals surface area (Å²) in [6.07, 6.45) is 2.60. The molecule has 0 spiro atoms. The standard InChI is InChI=1S/C34H32ClFN4O2S2/c1-44(42)39-28-18-16-27(17-19-28)31-32(35)43-33(37-31)38-34(41)40(22-20-26-14-8-9-15-30(26)36)23-21-29(24-10-4-2-5-11-24)25-12-6-3-7-13-25/h2-19,29,39H,20-23H2,1H3,(H,37,38,41). The van der Waals surface area contributed by atoms with Crippen LogP contribution in [0.5, 0.6) is 0 Å². The van der Waals surface area contributed by atoms with E-state index in [-0.39, 0.29) is 17.8 Å². The van der Waals surface area contributed by atoms with Crippen LogP contribution in [-0.4, -0.2) is 39.5 Å². The number of carbonyl (C=O) groups excluding carboxylic acids is 1. The molecule has 0 aliphatic carbocycles. The molecule has 1 aromatic heterocycles. The number of hydrogen-bond donors (Lipinski definition) is 2. The van der Waals surface area contributed by atoms with E-state index in [1.165, 1.54) is 17.4 Å². The van der Waals surface area contributed by atoms with Gasteiger partial charge in [-0.2, -0.15) is 0 Å². The van der Waals surface area contributed by atoms with Gasteiger partial charge in [0.05, 0.1) is 0 Å². The zero-order valence-corrected chi connectivity index (χ0v) is 26.5. The number of nitrogens with zero attached hydrogens (tertiary/aromatic N) is 2. The van der Waals surface area contributed by atoms with Gasteiger partial charge in [0.2, 0.25) is 0 Å². The van der Waals surface area contributed by atoms with E-state index >= 15 is 0 Å². The molecule has 226 valence electrons. The van der Waals surface area contributed by atoms with Crippen molar-refractivity contribution in [3.05, 3.63) is 136 Å². The van der Waals surface area contributed by atoms with Gasteiger partial charge in [-0.15, -0.1) is 0 Å². The van der Waals surface area contributed by atoms with Crippen molar-refractivity contribution in [3.8, 4) is 11.3 Å². The first-order chi connectivity index (χ1) is 21.4. The van der Waals surface area contributed by atoms with Crippen LogP contribution in [0.4, 0.5) is 20.0 Å². The van der Waals surface area contributed by atoms with E-state index in [4.69, 9.17) is 11.6 Å². The highest BCUT2D eigenvalue weighted by molar-refractivity contribution is 7.85. The minimum absolute atomic E-state index is 0.0738. The summed E-state index contributed by atoms with van der Waals surface area (Å²) in [6, 6.07) is 34.0. The highest BCUT2D eigenvalue weighted by Gasteiger charge is 2.21. The summed E-state index contributed by atoms with van der Waals surface area (Å²) in [7, 11) is -1.18. The summed E-state index contributed by atoms with van der Waals surface area (Å²) in [5, 5.41) is 3.29. The summed E-state index contributed by atoms with van der Waals surface area (Å²) in [5.41, 5.74) is 4.90. The van der Waals surface area contributed by atoms with E-state index in [1.807, 2.05) is 48.5 Å². The number of benzene rings is 4. The number of urea groups is 1. The van der Waals surface area contributed by atoms with E-state index in [1.54, 1.807) is 41.5 Å². The molecule has 0 fully saturated rings. The third-order valence-corrected chi connectivity index (χ3v) is 8.90. The maximum absolute atomic E-state index is 14.5. The van der Waals surface area contributed by atoms with E-state index < -0.39 is 11.0 Å².